The van der Waals surface area contributed by atoms with E-state index in [0.29, 0.717) is 11.2 Å². The Morgan fingerprint density at radius 1 is 1.38 bits per heavy atom. The summed E-state index contributed by atoms with van der Waals surface area (Å²) in [5.74, 6) is -0.626. The van der Waals surface area contributed by atoms with Crippen LogP contribution in [0, 0.1) is 24.1 Å². The van der Waals surface area contributed by atoms with E-state index in [9.17, 15) is 9.50 Å². The molecule has 1 N–H and O–H groups in total. The lowest BCUT2D eigenvalue weighted by atomic mass is 10.0. The third-order valence-electron chi connectivity index (χ3n) is 4.43. The van der Waals surface area contributed by atoms with Crippen molar-refractivity contribution in [3.63, 3.8) is 0 Å². The second-order valence-corrected chi connectivity index (χ2v) is 6.03. The Balaban J connectivity index is 1.56. The molecule has 1 aliphatic rings. The van der Waals surface area contributed by atoms with Gasteiger partial charge < -0.3 is 14.6 Å². The number of fused-ring (bicyclic) bond motifs is 1. The predicted molar refractivity (Wildman–Crippen MR) is 88.2 cm³/mol. The average Bonchev–Trinajstić information content (AvgIpc) is 3.29. The maximum absolute atomic E-state index is 13.5. The van der Waals surface area contributed by atoms with Gasteiger partial charge in [-0.25, -0.2) is 14.4 Å². The van der Waals surface area contributed by atoms with Crippen molar-refractivity contribution in [3.05, 3.63) is 59.4 Å². The predicted octanol–water partition coefficient (Wildman–Crippen LogP) is 2.36. The van der Waals surface area contributed by atoms with Crippen LogP contribution in [-0.2, 0) is 9.47 Å². The Bertz CT molecular complexity index is 1010. The molecule has 26 heavy (non-hydrogen) atoms. The van der Waals surface area contributed by atoms with Crippen molar-refractivity contribution in [2.45, 2.75) is 25.5 Å². The van der Waals surface area contributed by atoms with Crippen LogP contribution >= 0.6 is 0 Å². The first-order valence-electron chi connectivity index (χ1n) is 8.01. The number of aromatic nitrogens is 3. The van der Waals surface area contributed by atoms with Crippen LogP contribution in [0.1, 0.15) is 29.3 Å². The van der Waals surface area contributed by atoms with Crippen molar-refractivity contribution in [1.29, 1.82) is 5.26 Å². The van der Waals surface area contributed by atoms with Crippen molar-refractivity contribution in [2.75, 3.05) is 6.61 Å². The van der Waals surface area contributed by atoms with Crippen LogP contribution in [0.4, 0.5) is 4.39 Å². The Kier molecular flexibility index (Phi) is 4.12. The number of benzene rings is 1. The molecule has 1 aliphatic heterocycles. The topological polar surface area (TPSA) is 93.2 Å². The second kappa shape index (κ2) is 6.46. The monoisotopic (exact) mass is 354 g/mol. The van der Waals surface area contributed by atoms with Crippen molar-refractivity contribution < 1.29 is 19.0 Å². The highest BCUT2D eigenvalue weighted by molar-refractivity contribution is 5.78. The number of aliphatic hydroxyl groups is 1. The molecule has 1 fully saturated rings. The van der Waals surface area contributed by atoms with E-state index in [4.69, 9.17) is 14.7 Å². The highest BCUT2D eigenvalue weighted by atomic mass is 19.1. The molecule has 3 unspecified atom stereocenters. The Morgan fingerprint density at radius 3 is 3.04 bits per heavy atom. The summed E-state index contributed by atoms with van der Waals surface area (Å²) in [7, 11) is 0. The molecule has 0 bridgehead atoms. The number of halogens is 1. The van der Waals surface area contributed by atoms with E-state index < -0.39 is 24.4 Å². The van der Waals surface area contributed by atoms with Crippen LogP contribution < -0.4 is 0 Å². The summed E-state index contributed by atoms with van der Waals surface area (Å²) >= 11 is 0. The Hall–Kier alpha value is -2.86. The number of hydrogen-bond acceptors (Lipinski definition) is 6. The van der Waals surface area contributed by atoms with Crippen LogP contribution in [-0.4, -0.2) is 32.4 Å². The Labute approximate surface area is 148 Å². The summed E-state index contributed by atoms with van der Waals surface area (Å²) in [5.41, 5.74) is 1.79. The fourth-order valence-electron chi connectivity index (χ4n) is 3.01. The van der Waals surface area contributed by atoms with E-state index in [0.717, 1.165) is 17.1 Å². The standard InChI is InChI=1S/C18H15FN4O3/c1-10-13-4-5-23(17(13)22-9-21-10)18-25-8-15(26-18)16(24)11-2-3-14(19)12(6-11)7-20/h2-6,9,15-16,18,24H,8H2,1H3. The first kappa shape index (κ1) is 16.6. The molecule has 132 valence electrons. The summed E-state index contributed by atoms with van der Waals surface area (Å²) < 4.78 is 26.7. The van der Waals surface area contributed by atoms with Crippen LogP contribution in [0.25, 0.3) is 11.0 Å². The number of ether oxygens (including phenoxy) is 2. The van der Waals surface area contributed by atoms with Gasteiger partial charge in [0.05, 0.1) is 17.9 Å². The average molecular weight is 354 g/mol. The molecule has 0 saturated carbocycles. The first-order valence-corrected chi connectivity index (χ1v) is 8.01. The van der Waals surface area contributed by atoms with E-state index in [1.807, 2.05) is 13.0 Å². The van der Waals surface area contributed by atoms with Crippen LogP contribution in [0.2, 0.25) is 0 Å². The lowest BCUT2D eigenvalue weighted by molar-refractivity contribution is -0.127. The maximum Gasteiger partial charge on any atom is 0.246 e. The minimum atomic E-state index is -1.05. The Morgan fingerprint density at radius 2 is 2.23 bits per heavy atom. The lowest BCUT2D eigenvalue weighted by Crippen LogP contribution is -2.21. The zero-order valence-electron chi connectivity index (χ0n) is 13.8. The van der Waals surface area contributed by atoms with Gasteiger partial charge in [0, 0.05) is 11.6 Å². The zero-order chi connectivity index (χ0) is 18.3. The molecule has 2 aromatic heterocycles. The van der Waals surface area contributed by atoms with E-state index in [1.165, 1.54) is 18.5 Å². The highest BCUT2D eigenvalue weighted by Crippen LogP contribution is 2.32. The summed E-state index contributed by atoms with van der Waals surface area (Å²) in [5, 5.41) is 20.4. The van der Waals surface area contributed by atoms with Gasteiger partial charge in [-0.1, -0.05) is 6.07 Å². The fraction of sp³-hybridized carbons (Fsp3) is 0.278. The number of nitriles is 1. The molecule has 0 aliphatic carbocycles. The van der Waals surface area contributed by atoms with Crippen LogP contribution in [0.3, 0.4) is 0 Å². The van der Waals surface area contributed by atoms with Gasteiger partial charge >= 0.3 is 0 Å². The highest BCUT2D eigenvalue weighted by Gasteiger charge is 2.34. The fourth-order valence-corrected chi connectivity index (χ4v) is 3.01. The molecule has 0 spiro atoms. The van der Waals surface area contributed by atoms with E-state index in [1.54, 1.807) is 16.8 Å². The van der Waals surface area contributed by atoms with E-state index >= 15 is 0 Å². The summed E-state index contributed by atoms with van der Waals surface area (Å²) in [4.78, 5) is 8.41. The molecular formula is C18H15FN4O3. The zero-order valence-corrected chi connectivity index (χ0v) is 13.8. The normalized spacial score (nSPS) is 21.0. The van der Waals surface area contributed by atoms with Crippen LogP contribution in [0.5, 0.6) is 0 Å². The van der Waals surface area contributed by atoms with Gasteiger partial charge in [-0.3, -0.25) is 4.57 Å². The lowest BCUT2D eigenvalue weighted by Gasteiger charge is -2.18. The van der Waals surface area contributed by atoms with E-state index in [2.05, 4.69) is 9.97 Å². The number of nitrogens with zero attached hydrogens (tertiary/aromatic N) is 4. The number of aliphatic hydroxyl groups excluding tert-OH is 1. The summed E-state index contributed by atoms with van der Waals surface area (Å²) in [6.45, 7) is 2.04. The molecule has 0 amide bonds. The van der Waals surface area contributed by atoms with Crippen LogP contribution in [0.15, 0.2) is 36.8 Å². The largest absolute Gasteiger partial charge is 0.386 e. The molecule has 7 nitrogen and oxygen atoms in total. The van der Waals surface area contributed by atoms with Gasteiger partial charge in [0.25, 0.3) is 0 Å². The first-order chi connectivity index (χ1) is 12.6. The van der Waals surface area contributed by atoms with Gasteiger partial charge in [-0.2, -0.15) is 5.26 Å². The third-order valence-corrected chi connectivity index (χ3v) is 4.43. The van der Waals surface area contributed by atoms with Crippen molar-refractivity contribution in [3.8, 4) is 6.07 Å². The van der Waals surface area contributed by atoms with Crippen molar-refractivity contribution in [2.24, 2.45) is 0 Å². The quantitative estimate of drug-likeness (QED) is 0.776. The minimum Gasteiger partial charge on any atom is -0.386 e. The van der Waals surface area contributed by atoms with Gasteiger partial charge in [0.2, 0.25) is 6.41 Å². The molecule has 4 rings (SSSR count). The minimum absolute atomic E-state index is 0.124. The molecule has 3 aromatic rings. The van der Waals surface area contributed by atoms with Crippen molar-refractivity contribution >= 4 is 11.0 Å². The molecule has 0 radical (unpaired) electrons. The smallest absolute Gasteiger partial charge is 0.246 e. The SMILES string of the molecule is Cc1ncnc2c1ccn2C1OCC(C(O)c2ccc(F)c(C#N)c2)O1. The van der Waals surface area contributed by atoms with Gasteiger partial charge in [0.15, 0.2) is 0 Å². The molecule has 3 heterocycles. The molecule has 8 heteroatoms. The van der Waals surface area contributed by atoms with Gasteiger partial charge in [-0.15, -0.1) is 0 Å². The third kappa shape index (κ3) is 2.72. The molecule has 3 atom stereocenters. The molecular weight excluding hydrogens is 339 g/mol. The van der Waals surface area contributed by atoms with Crippen molar-refractivity contribution in [1.82, 2.24) is 14.5 Å². The number of rotatable bonds is 3. The summed E-state index contributed by atoms with van der Waals surface area (Å²) in [6, 6.07) is 7.54. The maximum atomic E-state index is 13.5. The van der Waals surface area contributed by atoms with Gasteiger partial charge in [-0.05, 0) is 30.7 Å². The second-order valence-electron chi connectivity index (χ2n) is 6.03. The summed E-state index contributed by atoms with van der Waals surface area (Å²) in [6.07, 6.45) is 0.815. The molecule has 1 aromatic carbocycles. The van der Waals surface area contributed by atoms with Gasteiger partial charge in [0.1, 0.15) is 36.1 Å². The number of hydrogen-bond donors (Lipinski definition) is 1. The van der Waals surface area contributed by atoms with E-state index in [-0.39, 0.29) is 12.2 Å². The molecule has 1 saturated heterocycles. The number of aryl methyl sites for hydroxylation is 1.